The minimum atomic E-state index is -4.59. The standard InChI is InChI=1S/C74H119ClF5N13O13/c1-15-47(6)62-69(104)86(9)43-60(97)84(7)44-61(98)88(11)55(39-48-23-18-16-19-24-48)67(102)85(8)42-57(94)81-52(28-26-49-25-27-50(51(75)38-49)74(78,79)80)66(101)89(12)54(40-59(96)92-35-31-73(76,77)32-36-92)65(100)83-72(29-22-30-72)71(106)91(14)63(46(4)5)70(105)90(13)56(68(103)93-33-20-17-21-34-93)41-58(95)87(10)53(37-45(2)3)64(99)82-62/h45-56,62-63H,15-44H2,1-14H3,(H,81,94)(H,82,99)(H,83,100)/t47-,49?,50?,51?,52-,53-,54-,55-,56-,62-,63-/m0/s1. The lowest BCUT2D eigenvalue weighted by atomic mass is 9.74. The van der Waals surface area contributed by atoms with Gasteiger partial charge in [0.05, 0.1) is 38.4 Å². The highest BCUT2D eigenvalue weighted by atomic mass is 35.5. The molecule has 0 aromatic heterocycles. The number of alkyl halides is 6. The zero-order valence-corrected chi connectivity index (χ0v) is 65.6. The Labute approximate surface area is 627 Å². The third-order valence-corrected chi connectivity index (χ3v) is 23.7. The minimum Gasteiger partial charge on any atom is -0.343 e. The normalized spacial score (nSPS) is 28.8. The third-order valence-electron chi connectivity index (χ3n) is 23.2. The highest BCUT2D eigenvalue weighted by Gasteiger charge is 2.53. The van der Waals surface area contributed by atoms with Crippen LogP contribution in [0.3, 0.4) is 0 Å². The van der Waals surface area contributed by atoms with E-state index in [4.69, 9.17) is 11.6 Å². The number of likely N-dealkylation sites (tertiary alicyclic amines) is 2. The van der Waals surface area contributed by atoms with Crippen LogP contribution < -0.4 is 16.0 Å². The molecule has 600 valence electrons. The van der Waals surface area contributed by atoms with Gasteiger partial charge in [-0.1, -0.05) is 80.1 Å². The molecule has 0 radical (unpaired) electrons. The smallest absolute Gasteiger partial charge is 0.343 e. The van der Waals surface area contributed by atoms with Gasteiger partial charge in [0.2, 0.25) is 76.8 Å². The van der Waals surface area contributed by atoms with Gasteiger partial charge < -0.3 is 64.9 Å². The SMILES string of the molecule is CC[C@H](C)[C@@H]1NC(=O)[C@H](CC(C)C)N(C)C(=O)C[C@@H](C(=O)N2CCCCC2)N(C)C(=O)[C@H](C(C)C)N(C)C(=O)C2(CCC2)NC(=O)[C@H](CC(=O)N2CCC(F)(F)CC2)N(C)C(=O)[C@H](CCC2CCC(C(F)(F)F)C(Cl)C2)NC(=O)CN(C)C(=O)[C@H](CC2CCCCC2)N(C)C(=O)CN(C)C(=O)CN(C)C1=O. The third kappa shape index (κ3) is 22.8. The second-order valence-electron chi connectivity index (χ2n) is 32.0. The van der Waals surface area contributed by atoms with Crippen molar-refractivity contribution in [1.82, 2.24) is 64.9 Å². The maximum Gasteiger partial charge on any atom is 0.393 e. The van der Waals surface area contributed by atoms with Gasteiger partial charge in [0.1, 0.15) is 47.8 Å². The average molecular weight is 1530 g/mol. The van der Waals surface area contributed by atoms with E-state index in [1.165, 1.54) is 66.2 Å². The molecule has 0 aromatic rings. The topological polar surface area (TPSA) is 290 Å². The number of piperidine rings is 2. The van der Waals surface area contributed by atoms with E-state index in [9.17, 15) is 60.3 Å². The van der Waals surface area contributed by atoms with Crippen LogP contribution in [0.15, 0.2) is 0 Å². The number of nitrogens with zero attached hydrogens (tertiary/aromatic N) is 10. The summed E-state index contributed by atoms with van der Waals surface area (Å²) in [6.45, 7) is 8.45. The van der Waals surface area contributed by atoms with Crippen LogP contribution in [0.2, 0.25) is 0 Å². The van der Waals surface area contributed by atoms with Crippen LogP contribution in [0.5, 0.6) is 0 Å². The number of hydrogen-bond donors (Lipinski definition) is 3. The highest BCUT2D eigenvalue weighted by molar-refractivity contribution is 6.21. The Balaban J connectivity index is 1.46. The van der Waals surface area contributed by atoms with Crippen molar-refractivity contribution in [3.05, 3.63) is 0 Å². The summed E-state index contributed by atoms with van der Waals surface area (Å²) in [5.74, 6) is -17.0. The zero-order valence-electron chi connectivity index (χ0n) is 64.8. The number of amides is 13. The number of hydrogen-bond acceptors (Lipinski definition) is 13. The molecule has 3 unspecified atom stereocenters. The Morgan fingerprint density at radius 2 is 1.15 bits per heavy atom. The number of likely N-dealkylation sites (N-methyl/N-ethyl adjacent to an activating group) is 8. The van der Waals surface area contributed by atoms with Crippen molar-refractivity contribution >= 4 is 88.4 Å². The molecule has 26 nitrogen and oxygen atoms in total. The summed E-state index contributed by atoms with van der Waals surface area (Å²) in [6, 6.07) is -10.0. The van der Waals surface area contributed by atoms with Crippen molar-refractivity contribution in [2.24, 2.45) is 35.5 Å². The molecular formula is C74H119ClF5N13O13. The van der Waals surface area contributed by atoms with Gasteiger partial charge in [-0.3, -0.25) is 62.3 Å². The van der Waals surface area contributed by atoms with E-state index in [2.05, 4.69) is 16.0 Å². The van der Waals surface area contributed by atoms with Crippen molar-refractivity contribution in [1.29, 1.82) is 0 Å². The molecule has 0 bridgehead atoms. The van der Waals surface area contributed by atoms with Crippen LogP contribution in [-0.4, -0.2) is 293 Å². The molecule has 3 saturated heterocycles. The molecule has 0 aromatic carbocycles. The van der Waals surface area contributed by atoms with Crippen LogP contribution in [0.1, 0.15) is 189 Å². The Morgan fingerprint density at radius 3 is 1.71 bits per heavy atom. The van der Waals surface area contributed by atoms with Crippen LogP contribution in [0.25, 0.3) is 0 Å². The van der Waals surface area contributed by atoms with Crippen LogP contribution >= 0.6 is 11.6 Å². The maximum absolute atomic E-state index is 15.5. The second kappa shape index (κ2) is 38.4. The highest BCUT2D eigenvalue weighted by Crippen LogP contribution is 2.44. The van der Waals surface area contributed by atoms with E-state index in [1.54, 1.807) is 25.7 Å². The van der Waals surface area contributed by atoms with Crippen molar-refractivity contribution in [2.75, 3.05) is 102 Å². The van der Waals surface area contributed by atoms with Crippen molar-refractivity contribution < 1.29 is 84.3 Å². The Hall–Kier alpha value is -6.95. The number of nitrogens with one attached hydrogen (secondary N) is 3. The van der Waals surface area contributed by atoms with E-state index in [0.717, 1.165) is 72.8 Å². The predicted octanol–water partition coefficient (Wildman–Crippen LogP) is 5.65. The molecule has 6 rings (SSSR count). The van der Waals surface area contributed by atoms with Gasteiger partial charge in [-0.05, 0) is 113 Å². The zero-order chi connectivity index (χ0) is 79.2. The molecule has 3 heterocycles. The lowest BCUT2D eigenvalue weighted by Crippen LogP contribution is -2.68. The largest absolute Gasteiger partial charge is 0.393 e. The fourth-order valence-corrected chi connectivity index (χ4v) is 16.3. The minimum absolute atomic E-state index is 0.00967. The Kier molecular flexibility index (Phi) is 31.9. The van der Waals surface area contributed by atoms with E-state index in [1.807, 2.05) is 20.8 Å². The molecule has 106 heavy (non-hydrogen) atoms. The predicted molar refractivity (Wildman–Crippen MR) is 385 cm³/mol. The lowest BCUT2D eigenvalue weighted by Gasteiger charge is -2.47. The molecule has 32 heteroatoms. The molecular weight excluding hydrogens is 1410 g/mol. The fourth-order valence-electron chi connectivity index (χ4n) is 15.8. The molecule has 3 aliphatic heterocycles. The molecule has 6 aliphatic rings. The quantitative estimate of drug-likeness (QED) is 0.149. The van der Waals surface area contributed by atoms with Gasteiger partial charge in [0.15, 0.2) is 0 Å². The number of halogens is 6. The molecule has 3 saturated carbocycles. The van der Waals surface area contributed by atoms with E-state index in [0.29, 0.717) is 38.8 Å². The van der Waals surface area contributed by atoms with Crippen molar-refractivity contribution in [3.63, 3.8) is 0 Å². The number of carbonyl (C=O) groups is 13. The molecule has 6 fully saturated rings. The molecule has 1 spiro atoms. The first-order chi connectivity index (χ1) is 49.5. The number of carbonyl (C=O) groups excluding carboxylic acids is 13. The number of rotatable bonds is 13. The summed E-state index contributed by atoms with van der Waals surface area (Å²) < 4.78 is 71.5. The second-order valence-corrected chi connectivity index (χ2v) is 32.5. The molecule has 3 aliphatic carbocycles. The van der Waals surface area contributed by atoms with Crippen molar-refractivity contribution in [3.8, 4) is 0 Å². The molecule has 3 N–H and O–H groups in total. The first kappa shape index (κ1) is 88.0. The lowest BCUT2D eigenvalue weighted by molar-refractivity contribution is -0.182. The summed E-state index contributed by atoms with van der Waals surface area (Å²) in [6.07, 6.45) is -0.993. The van der Waals surface area contributed by atoms with Crippen LogP contribution in [-0.2, 0) is 62.3 Å². The molecule has 11 atom stereocenters. The molecule has 13 amide bonds. The van der Waals surface area contributed by atoms with Crippen LogP contribution in [0.4, 0.5) is 22.0 Å². The maximum atomic E-state index is 15.5. The van der Waals surface area contributed by atoms with Crippen molar-refractivity contribution in [2.45, 2.75) is 255 Å². The summed E-state index contributed by atoms with van der Waals surface area (Å²) in [4.78, 5) is 205. The summed E-state index contributed by atoms with van der Waals surface area (Å²) in [5.41, 5.74) is -1.81. The summed E-state index contributed by atoms with van der Waals surface area (Å²) in [5, 5.41) is 7.06. The fraction of sp³-hybridized carbons (Fsp3) is 0.824. The average Bonchev–Trinajstić information content (AvgIpc) is 0.763. The van der Waals surface area contributed by atoms with E-state index >= 15 is 24.0 Å². The van der Waals surface area contributed by atoms with Crippen LogP contribution in [0, 0.1) is 35.5 Å². The summed E-state index contributed by atoms with van der Waals surface area (Å²) >= 11 is 6.40. The van der Waals surface area contributed by atoms with E-state index in [-0.39, 0.29) is 69.6 Å². The first-order valence-corrected chi connectivity index (χ1v) is 38.6. The summed E-state index contributed by atoms with van der Waals surface area (Å²) in [7, 11) is 10.7. The van der Waals surface area contributed by atoms with Gasteiger partial charge in [0, 0.05) is 101 Å². The Morgan fingerprint density at radius 1 is 0.566 bits per heavy atom. The van der Waals surface area contributed by atoms with E-state index < -0.39 is 224 Å². The van der Waals surface area contributed by atoms with Gasteiger partial charge in [-0.2, -0.15) is 13.2 Å². The van der Waals surface area contributed by atoms with Gasteiger partial charge in [-0.15, -0.1) is 11.6 Å². The Bertz CT molecular complexity index is 3120. The monoisotopic (exact) mass is 1530 g/mol. The van der Waals surface area contributed by atoms with Gasteiger partial charge in [-0.25, -0.2) is 8.78 Å². The van der Waals surface area contributed by atoms with Gasteiger partial charge >= 0.3 is 6.18 Å². The first-order valence-electron chi connectivity index (χ1n) is 38.2. The van der Waals surface area contributed by atoms with Gasteiger partial charge in [0.25, 0.3) is 5.92 Å².